The maximum Gasteiger partial charge on any atom is 0.0662 e. The van der Waals surface area contributed by atoms with Crippen molar-refractivity contribution in [1.82, 2.24) is 4.57 Å². The van der Waals surface area contributed by atoms with Gasteiger partial charge in [-0.3, -0.25) is 0 Å². The van der Waals surface area contributed by atoms with Crippen LogP contribution in [-0.4, -0.2) is 4.57 Å². The van der Waals surface area contributed by atoms with Gasteiger partial charge in [0.25, 0.3) is 0 Å². The van der Waals surface area contributed by atoms with Crippen molar-refractivity contribution in [2.24, 2.45) is 0 Å². The molecule has 0 saturated carbocycles. The van der Waals surface area contributed by atoms with Crippen LogP contribution in [0.1, 0.15) is 23.7 Å². The largest absolute Gasteiger partial charge is 0.308 e. The first-order chi connectivity index (χ1) is 15.9. The molecule has 0 spiro atoms. The number of hydrogen-bond donors (Lipinski definition) is 0. The molecule has 1 atom stereocenters. The highest BCUT2D eigenvalue weighted by Crippen LogP contribution is 2.58. The number of hydrogen-bond acceptors (Lipinski definition) is 0. The standard InChI is InChI=1S/C30H24NP/c1-3-11-21(12-4-1)31-27-17-9-7-15-23(27)25-19-20-26-24-16-8-10-18-28(24)32(30(26)29(25)31)22-13-5-2-6-14-22/h1-7,9,11-15,17,19-20H,8,10,16,18H2. The molecular weight excluding hydrogens is 405 g/mol. The van der Waals surface area contributed by atoms with E-state index in [-0.39, 0.29) is 0 Å². The van der Waals surface area contributed by atoms with Crippen molar-refractivity contribution in [3.8, 4) is 11.0 Å². The Morgan fingerprint density at radius 3 is 2.12 bits per heavy atom. The molecule has 1 nitrogen and oxygen atoms in total. The zero-order chi connectivity index (χ0) is 21.1. The monoisotopic (exact) mass is 429 g/mol. The van der Waals surface area contributed by atoms with Crippen molar-refractivity contribution in [1.29, 1.82) is 0 Å². The molecular formula is C30H24NP. The van der Waals surface area contributed by atoms with E-state index < -0.39 is 7.53 Å². The Morgan fingerprint density at radius 1 is 0.594 bits per heavy atom. The quantitative estimate of drug-likeness (QED) is 0.259. The molecule has 1 unspecified atom stereocenters. The van der Waals surface area contributed by atoms with Gasteiger partial charge in [0.15, 0.2) is 0 Å². The summed E-state index contributed by atoms with van der Waals surface area (Å²) in [5, 5.41) is 9.05. The van der Waals surface area contributed by atoms with Crippen molar-refractivity contribution in [2.45, 2.75) is 25.7 Å². The minimum Gasteiger partial charge on any atom is -0.308 e. The predicted molar refractivity (Wildman–Crippen MR) is 139 cm³/mol. The van der Waals surface area contributed by atoms with Crippen LogP contribution in [0.3, 0.4) is 0 Å². The van der Waals surface area contributed by atoms with Crippen LogP contribution in [0.2, 0.25) is 0 Å². The number of nitrogens with zero attached hydrogens (tertiary/aromatic N) is 1. The third kappa shape index (κ3) is 2.52. The maximum atomic E-state index is 2.53. The van der Waals surface area contributed by atoms with Gasteiger partial charge in [-0.25, -0.2) is 0 Å². The Labute approximate surface area is 189 Å². The Balaban J connectivity index is 1.75. The summed E-state index contributed by atoms with van der Waals surface area (Å²) in [6, 6.07) is 35.9. The Kier molecular flexibility index (Phi) is 4.07. The summed E-state index contributed by atoms with van der Waals surface area (Å²) in [5.74, 6) is 0. The van der Waals surface area contributed by atoms with Gasteiger partial charge in [-0.15, -0.1) is 0 Å². The van der Waals surface area contributed by atoms with Gasteiger partial charge in [0.1, 0.15) is 0 Å². The number of para-hydroxylation sites is 2. The van der Waals surface area contributed by atoms with Gasteiger partial charge in [0.05, 0.1) is 11.0 Å². The zero-order valence-electron chi connectivity index (χ0n) is 18.0. The van der Waals surface area contributed by atoms with Crippen molar-refractivity contribution >= 4 is 39.8 Å². The van der Waals surface area contributed by atoms with Crippen molar-refractivity contribution < 1.29 is 0 Å². The summed E-state index contributed by atoms with van der Waals surface area (Å²) in [6.07, 6.45) is 5.11. The van der Waals surface area contributed by atoms with E-state index in [1.54, 1.807) is 16.0 Å². The van der Waals surface area contributed by atoms with Crippen LogP contribution in [0.15, 0.2) is 97.1 Å². The molecule has 0 N–H and O–H groups in total. The highest BCUT2D eigenvalue weighted by molar-refractivity contribution is 7.64. The van der Waals surface area contributed by atoms with E-state index in [1.165, 1.54) is 63.9 Å². The lowest BCUT2D eigenvalue weighted by Gasteiger charge is -2.14. The second kappa shape index (κ2) is 7.12. The minimum atomic E-state index is -0.498. The smallest absolute Gasteiger partial charge is 0.0662 e. The normalized spacial score (nSPS) is 14.3. The zero-order valence-corrected chi connectivity index (χ0v) is 18.9. The molecule has 0 radical (unpaired) electrons. The van der Waals surface area contributed by atoms with E-state index in [0.29, 0.717) is 0 Å². The SMILES string of the molecule is c1ccc(-n2c3ccccc3c3ccc4c5c(p(-c6ccccc6)c4c32)CCCC5)cc1. The summed E-state index contributed by atoms with van der Waals surface area (Å²) in [4.78, 5) is 0. The molecule has 32 heavy (non-hydrogen) atoms. The molecule has 6 aromatic rings. The third-order valence-corrected chi connectivity index (χ3v) is 9.84. The minimum absolute atomic E-state index is 0.498. The lowest BCUT2D eigenvalue weighted by atomic mass is 9.96. The highest BCUT2D eigenvalue weighted by Gasteiger charge is 2.25. The number of benzene rings is 4. The fraction of sp³-hybridized carbons (Fsp3) is 0.133. The number of aromatic nitrogens is 1. The summed E-state index contributed by atoms with van der Waals surface area (Å²) in [6.45, 7) is 0. The molecule has 4 aromatic carbocycles. The van der Waals surface area contributed by atoms with Gasteiger partial charge in [0, 0.05) is 21.6 Å². The van der Waals surface area contributed by atoms with Crippen molar-refractivity contribution in [3.63, 3.8) is 0 Å². The van der Waals surface area contributed by atoms with E-state index in [2.05, 4.69) is 102 Å². The lowest BCUT2D eigenvalue weighted by molar-refractivity contribution is 0.700. The van der Waals surface area contributed by atoms with E-state index in [4.69, 9.17) is 0 Å². The summed E-state index contributed by atoms with van der Waals surface area (Å²) in [5.41, 5.74) is 5.61. The average molecular weight is 430 g/mol. The van der Waals surface area contributed by atoms with Crippen LogP contribution in [-0.2, 0) is 12.8 Å². The predicted octanol–water partition coefficient (Wildman–Crippen LogP) is 8.79. The highest BCUT2D eigenvalue weighted by atomic mass is 31.1. The molecule has 1 aliphatic rings. The fourth-order valence-corrected chi connectivity index (χ4v) is 8.86. The molecule has 2 heterocycles. The van der Waals surface area contributed by atoms with Crippen molar-refractivity contribution in [2.75, 3.05) is 0 Å². The Morgan fingerprint density at radius 2 is 1.28 bits per heavy atom. The molecule has 0 aliphatic heterocycles. The second-order valence-electron chi connectivity index (χ2n) is 8.85. The van der Waals surface area contributed by atoms with Gasteiger partial charge < -0.3 is 4.57 Å². The van der Waals surface area contributed by atoms with Crippen molar-refractivity contribution in [3.05, 3.63) is 108 Å². The average Bonchev–Trinajstić information content (AvgIpc) is 3.38. The molecule has 7 rings (SSSR count). The van der Waals surface area contributed by atoms with Crippen LogP contribution in [0.5, 0.6) is 0 Å². The van der Waals surface area contributed by atoms with Gasteiger partial charge in [0.2, 0.25) is 0 Å². The summed E-state index contributed by atoms with van der Waals surface area (Å²) >= 11 is 0. The lowest BCUT2D eigenvalue weighted by Crippen LogP contribution is -1.98. The molecule has 0 saturated heterocycles. The van der Waals surface area contributed by atoms with E-state index >= 15 is 0 Å². The molecule has 0 bridgehead atoms. The van der Waals surface area contributed by atoms with Crippen LogP contribution >= 0.6 is 7.53 Å². The molecule has 1 aliphatic carbocycles. The van der Waals surface area contributed by atoms with E-state index in [9.17, 15) is 0 Å². The van der Waals surface area contributed by atoms with Crippen LogP contribution < -0.4 is 0 Å². The molecule has 0 amide bonds. The van der Waals surface area contributed by atoms with Gasteiger partial charge >= 0.3 is 0 Å². The number of fused-ring (bicyclic) bond motifs is 7. The first-order valence-electron chi connectivity index (χ1n) is 11.6. The first-order valence-corrected chi connectivity index (χ1v) is 12.9. The summed E-state index contributed by atoms with van der Waals surface area (Å²) < 4.78 is 2.53. The van der Waals surface area contributed by atoms with Crippen LogP contribution in [0, 0.1) is 0 Å². The number of aryl methyl sites for hydroxylation is 1. The Hall–Kier alpha value is -3.28. The van der Waals surface area contributed by atoms with Gasteiger partial charge in [-0.05, 0) is 65.4 Å². The van der Waals surface area contributed by atoms with Gasteiger partial charge in [-0.2, -0.15) is 0 Å². The molecule has 2 aromatic heterocycles. The van der Waals surface area contributed by atoms with Gasteiger partial charge in [-0.1, -0.05) is 86.4 Å². The van der Waals surface area contributed by atoms with Crippen LogP contribution in [0.4, 0.5) is 0 Å². The topological polar surface area (TPSA) is 4.93 Å². The fourth-order valence-electron chi connectivity index (χ4n) is 5.78. The van der Waals surface area contributed by atoms with Crippen LogP contribution in [0.25, 0.3) is 43.3 Å². The molecule has 0 fully saturated rings. The van der Waals surface area contributed by atoms with E-state index in [0.717, 1.165) is 0 Å². The number of rotatable bonds is 2. The first kappa shape index (κ1) is 18.3. The maximum absolute atomic E-state index is 2.53. The molecule has 2 heteroatoms. The Bertz CT molecular complexity index is 1600. The second-order valence-corrected chi connectivity index (χ2v) is 11.0. The third-order valence-electron chi connectivity index (χ3n) is 7.10. The molecule has 154 valence electrons. The summed E-state index contributed by atoms with van der Waals surface area (Å²) in [7, 11) is -0.498. The van der Waals surface area contributed by atoms with E-state index in [1.807, 2.05) is 0 Å².